The minimum absolute atomic E-state index is 0.444. The summed E-state index contributed by atoms with van der Waals surface area (Å²) in [7, 11) is 0. The number of anilines is 1. The summed E-state index contributed by atoms with van der Waals surface area (Å²) in [6.07, 6.45) is 6.25. The predicted octanol–water partition coefficient (Wildman–Crippen LogP) is 2.63. The maximum atomic E-state index is 12.9. The van der Waals surface area contributed by atoms with E-state index in [9.17, 15) is 4.39 Å². The number of hydrogen-bond acceptors (Lipinski definition) is 3. The highest BCUT2D eigenvalue weighted by Gasteiger charge is 2.19. The number of hydrogen-bond donors (Lipinski definition) is 0. The number of aromatic nitrogens is 2. The van der Waals surface area contributed by atoms with Crippen LogP contribution < -0.4 is 4.90 Å². The van der Waals surface area contributed by atoms with E-state index in [0.29, 0.717) is 0 Å². The van der Waals surface area contributed by atoms with Crippen molar-refractivity contribution in [2.75, 3.05) is 18.0 Å². The van der Waals surface area contributed by atoms with Gasteiger partial charge in [0.05, 0.1) is 0 Å². The molecule has 0 N–H and O–H groups in total. The molecule has 1 aliphatic heterocycles. The van der Waals surface area contributed by atoms with Gasteiger partial charge in [-0.1, -0.05) is 19.8 Å². The Kier molecular flexibility index (Phi) is 3.70. The lowest BCUT2D eigenvalue weighted by molar-refractivity contribution is 0.377. The first-order valence-electron chi connectivity index (χ1n) is 6.02. The Bertz CT molecular complexity index is 335. The van der Waals surface area contributed by atoms with Crippen molar-refractivity contribution in [2.24, 2.45) is 5.92 Å². The van der Waals surface area contributed by atoms with Gasteiger partial charge in [-0.05, 0) is 18.8 Å². The smallest absolute Gasteiger partial charge is 0.218 e. The Balaban J connectivity index is 1.94. The number of halogens is 1. The van der Waals surface area contributed by atoms with E-state index in [4.69, 9.17) is 0 Å². The topological polar surface area (TPSA) is 29.0 Å². The van der Waals surface area contributed by atoms with Gasteiger partial charge in [0.2, 0.25) is 5.95 Å². The highest BCUT2D eigenvalue weighted by atomic mass is 19.1. The summed E-state index contributed by atoms with van der Waals surface area (Å²) in [5.41, 5.74) is 0. The first-order chi connectivity index (χ1) is 7.79. The third kappa shape index (κ3) is 2.68. The molecule has 0 spiro atoms. The largest absolute Gasteiger partial charge is 0.356 e. The fraction of sp³-hybridized carbons (Fsp3) is 0.667. The highest BCUT2D eigenvalue weighted by Crippen LogP contribution is 2.24. The lowest BCUT2D eigenvalue weighted by atomic mass is 9.92. The van der Waals surface area contributed by atoms with Gasteiger partial charge in [-0.25, -0.2) is 9.97 Å². The van der Waals surface area contributed by atoms with Crippen LogP contribution in [0.1, 0.15) is 32.6 Å². The van der Waals surface area contributed by atoms with Gasteiger partial charge in [-0.3, -0.25) is 0 Å². The second-order valence-electron chi connectivity index (χ2n) is 4.42. The Morgan fingerprint density at radius 3 is 2.75 bits per heavy atom. The standard InChI is InChI=1S/C12H18FN3/c1-2-3-10-4-6-16(7-5-10)12-8-11(13)14-9-15-12/h8-10H,2-7H2,1H3. The molecule has 1 fully saturated rings. The zero-order chi connectivity index (χ0) is 11.4. The molecular formula is C12H18FN3. The van der Waals surface area contributed by atoms with Gasteiger partial charge in [0, 0.05) is 19.2 Å². The Morgan fingerprint density at radius 1 is 1.38 bits per heavy atom. The van der Waals surface area contributed by atoms with Crippen LogP contribution in [0.25, 0.3) is 0 Å². The maximum Gasteiger partial charge on any atom is 0.218 e. The van der Waals surface area contributed by atoms with Gasteiger partial charge in [-0.2, -0.15) is 4.39 Å². The quantitative estimate of drug-likeness (QED) is 0.738. The summed E-state index contributed by atoms with van der Waals surface area (Å²) in [5, 5.41) is 0. The molecule has 88 valence electrons. The van der Waals surface area contributed by atoms with Crippen LogP contribution in [-0.2, 0) is 0 Å². The summed E-state index contributed by atoms with van der Waals surface area (Å²) in [4.78, 5) is 9.73. The summed E-state index contributed by atoms with van der Waals surface area (Å²) < 4.78 is 12.9. The molecule has 0 atom stereocenters. The third-order valence-corrected chi connectivity index (χ3v) is 3.25. The molecule has 0 bridgehead atoms. The zero-order valence-electron chi connectivity index (χ0n) is 9.69. The van der Waals surface area contributed by atoms with Gasteiger partial charge in [-0.15, -0.1) is 0 Å². The molecule has 0 radical (unpaired) electrons. The van der Waals surface area contributed by atoms with Crippen molar-refractivity contribution in [1.82, 2.24) is 9.97 Å². The SMILES string of the molecule is CCCC1CCN(c2cc(F)ncn2)CC1. The van der Waals surface area contributed by atoms with Crippen LogP contribution in [-0.4, -0.2) is 23.1 Å². The lowest BCUT2D eigenvalue weighted by Crippen LogP contribution is -2.34. The minimum Gasteiger partial charge on any atom is -0.356 e. The summed E-state index contributed by atoms with van der Waals surface area (Å²) in [5.74, 6) is 1.12. The molecule has 0 amide bonds. The van der Waals surface area contributed by atoms with E-state index in [-0.39, 0.29) is 0 Å². The third-order valence-electron chi connectivity index (χ3n) is 3.25. The molecule has 2 heterocycles. The van der Waals surface area contributed by atoms with Gasteiger partial charge < -0.3 is 4.90 Å². The first kappa shape index (κ1) is 11.3. The molecule has 0 aliphatic carbocycles. The highest BCUT2D eigenvalue weighted by molar-refractivity contribution is 5.37. The molecule has 3 nitrogen and oxygen atoms in total. The fourth-order valence-electron chi connectivity index (χ4n) is 2.36. The number of piperidine rings is 1. The zero-order valence-corrected chi connectivity index (χ0v) is 9.69. The minimum atomic E-state index is -0.444. The molecule has 4 heteroatoms. The van der Waals surface area contributed by atoms with Crippen LogP contribution in [0.4, 0.5) is 10.2 Å². The van der Waals surface area contributed by atoms with E-state index in [0.717, 1.165) is 24.8 Å². The molecule has 2 rings (SSSR count). The van der Waals surface area contributed by atoms with Crippen LogP contribution >= 0.6 is 0 Å². The second kappa shape index (κ2) is 5.23. The summed E-state index contributed by atoms with van der Waals surface area (Å²) >= 11 is 0. The number of nitrogens with zero attached hydrogens (tertiary/aromatic N) is 3. The van der Waals surface area contributed by atoms with E-state index in [1.54, 1.807) is 0 Å². The molecule has 1 aromatic heterocycles. The van der Waals surface area contributed by atoms with Gasteiger partial charge >= 0.3 is 0 Å². The predicted molar refractivity (Wildman–Crippen MR) is 61.8 cm³/mol. The van der Waals surface area contributed by atoms with Gasteiger partial charge in [0.25, 0.3) is 0 Å². The van der Waals surface area contributed by atoms with E-state index >= 15 is 0 Å². The Hall–Kier alpha value is -1.19. The molecular weight excluding hydrogens is 205 g/mol. The lowest BCUT2D eigenvalue weighted by Gasteiger charge is -2.32. The molecule has 1 aromatic rings. The van der Waals surface area contributed by atoms with Crippen molar-refractivity contribution in [3.8, 4) is 0 Å². The maximum absolute atomic E-state index is 12.9. The molecule has 0 saturated carbocycles. The van der Waals surface area contributed by atoms with Crippen molar-refractivity contribution in [1.29, 1.82) is 0 Å². The van der Waals surface area contributed by atoms with Crippen LogP contribution in [0.15, 0.2) is 12.4 Å². The van der Waals surface area contributed by atoms with Crippen LogP contribution in [0.3, 0.4) is 0 Å². The van der Waals surface area contributed by atoms with E-state index < -0.39 is 5.95 Å². The van der Waals surface area contributed by atoms with E-state index in [1.165, 1.54) is 38.1 Å². The van der Waals surface area contributed by atoms with Crippen LogP contribution in [0.2, 0.25) is 0 Å². The van der Waals surface area contributed by atoms with E-state index in [2.05, 4.69) is 21.8 Å². The first-order valence-corrected chi connectivity index (χ1v) is 6.02. The van der Waals surface area contributed by atoms with Crippen molar-refractivity contribution >= 4 is 5.82 Å². The Labute approximate surface area is 95.7 Å². The van der Waals surface area contributed by atoms with Crippen molar-refractivity contribution in [3.63, 3.8) is 0 Å². The van der Waals surface area contributed by atoms with Crippen LogP contribution in [0.5, 0.6) is 0 Å². The summed E-state index contributed by atoms with van der Waals surface area (Å²) in [6, 6.07) is 1.42. The van der Waals surface area contributed by atoms with Crippen molar-refractivity contribution in [3.05, 3.63) is 18.3 Å². The molecule has 0 aromatic carbocycles. The van der Waals surface area contributed by atoms with Crippen molar-refractivity contribution in [2.45, 2.75) is 32.6 Å². The molecule has 1 aliphatic rings. The molecule has 16 heavy (non-hydrogen) atoms. The molecule has 1 saturated heterocycles. The fourth-order valence-corrected chi connectivity index (χ4v) is 2.36. The van der Waals surface area contributed by atoms with Gasteiger partial charge in [0.15, 0.2) is 0 Å². The normalized spacial score (nSPS) is 17.8. The molecule has 0 unspecified atom stereocenters. The average Bonchev–Trinajstić information content (AvgIpc) is 2.30. The van der Waals surface area contributed by atoms with E-state index in [1.807, 2.05) is 0 Å². The Morgan fingerprint density at radius 2 is 2.12 bits per heavy atom. The van der Waals surface area contributed by atoms with Crippen molar-refractivity contribution < 1.29 is 4.39 Å². The second-order valence-corrected chi connectivity index (χ2v) is 4.42. The monoisotopic (exact) mass is 223 g/mol. The van der Waals surface area contributed by atoms with Crippen LogP contribution in [0, 0.1) is 11.9 Å². The average molecular weight is 223 g/mol. The number of rotatable bonds is 3. The summed E-state index contributed by atoms with van der Waals surface area (Å²) in [6.45, 7) is 4.20. The van der Waals surface area contributed by atoms with Gasteiger partial charge in [0.1, 0.15) is 12.1 Å².